The molecular weight excluding hydrogens is 308 g/mol. The summed E-state index contributed by atoms with van der Waals surface area (Å²) < 4.78 is 1.02. The van der Waals surface area contributed by atoms with Crippen LogP contribution in [0.4, 0.5) is 11.4 Å². The highest BCUT2D eigenvalue weighted by Gasteiger charge is 2.06. The van der Waals surface area contributed by atoms with Crippen LogP contribution in [0.1, 0.15) is 15.9 Å². The number of hydrogen-bond donors (Lipinski definition) is 3. The van der Waals surface area contributed by atoms with Gasteiger partial charge in [-0.2, -0.15) is 0 Å². The summed E-state index contributed by atoms with van der Waals surface area (Å²) in [5, 5.41) is 12.1. The first-order chi connectivity index (χ1) is 9.08. The fraction of sp³-hybridized carbons (Fsp3) is 0.0714. The molecule has 0 unspecified atom stereocenters. The number of benzene rings is 2. The van der Waals surface area contributed by atoms with Gasteiger partial charge in [-0.25, -0.2) is 4.79 Å². The summed E-state index contributed by atoms with van der Waals surface area (Å²) in [6.45, 7) is 0.609. The summed E-state index contributed by atoms with van der Waals surface area (Å²) in [7, 11) is 0. The van der Waals surface area contributed by atoms with E-state index in [9.17, 15) is 4.79 Å². The summed E-state index contributed by atoms with van der Waals surface area (Å²) in [4.78, 5) is 10.8. The van der Waals surface area contributed by atoms with Crippen LogP contribution in [0.2, 0.25) is 0 Å². The molecule has 2 aromatic rings. The highest BCUT2D eigenvalue weighted by molar-refractivity contribution is 9.10. The standard InChI is InChI=1S/C14H13BrN2O2/c15-11-4-2-1-3-10(11)8-17-13-6-5-9(14(18)19)7-12(13)16/h1-7,17H,8,16H2,(H,18,19). The third-order valence-electron chi connectivity index (χ3n) is 2.73. The average molecular weight is 321 g/mol. The van der Waals surface area contributed by atoms with Gasteiger partial charge in [0.15, 0.2) is 0 Å². The SMILES string of the molecule is Nc1cc(C(=O)O)ccc1NCc1ccccc1Br. The smallest absolute Gasteiger partial charge is 0.335 e. The van der Waals surface area contributed by atoms with Crippen LogP contribution >= 0.6 is 15.9 Å². The van der Waals surface area contributed by atoms with Crippen LogP contribution in [-0.2, 0) is 6.54 Å². The first kappa shape index (κ1) is 13.4. The van der Waals surface area contributed by atoms with E-state index in [4.69, 9.17) is 10.8 Å². The van der Waals surface area contributed by atoms with Gasteiger partial charge in [-0.3, -0.25) is 0 Å². The molecular formula is C14H13BrN2O2. The van der Waals surface area contributed by atoms with Gasteiger partial charge in [-0.1, -0.05) is 34.1 Å². The van der Waals surface area contributed by atoms with Gasteiger partial charge in [0, 0.05) is 11.0 Å². The quantitative estimate of drug-likeness (QED) is 0.755. The van der Waals surface area contributed by atoms with Crippen LogP contribution in [0.15, 0.2) is 46.9 Å². The molecule has 0 aliphatic heterocycles. The molecule has 0 amide bonds. The average Bonchev–Trinajstić information content (AvgIpc) is 2.39. The topological polar surface area (TPSA) is 75.4 Å². The Morgan fingerprint density at radius 3 is 2.63 bits per heavy atom. The van der Waals surface area contributed by atoms with E-state index in [-0.39, 0.29) is 5.56 Å². The van der Waals surface area contributed by atoms with E-state index in [1.54, 1.807) is 6.07 Å². The van der Waals surface area contributed by atoms with Crippen LogP contribution in [0.3, 0.4) is 0 Å². The van der Waals surface area contributed by atoms with E-state index in [0.29, 0.717) is 12.2 Å². The van der Waals surface area contributed by atoms with Crippen molar-refractivity contribution in [3.63, 3.8) is 0 Å². The Morgan fingerprint density at radius 1 is 1.26 bits per heavy atom. The zero-order chi connectivity index (χ0) is 13.8. The van der Waals surface area contributed by atoms with Gasteiger partial charge in [-0.15, -0.1) is 0 Å². The number of rotatable bonds is 4. The van der Waals surface area contributed by atoms with E-state index >= 15 is 0 Å². The highest BCUT2D eigenvalue weighted by atomic mass is 79.9. The highest BCUT2D eigenvalue weighted by Crippen LogP contribution is 2.22. The Kier molecular flexibility index (Phi) is 4.06. The Labute approximate surface area is 119 Å². The minimum atomic E-state index is -0.982. The van der Waals surface area contributed by atoms with E-state index < -0.39 is 5.97 Å². The summed E-state index contributed by atoms with van der Waals surface area (Å²) in [6, 6.07) is 12.5. The van der Waals surface area contributed by atoms with Crippen molar-refractivity contribution < 1.29 is 9.90 Å². The van der Waals surface area contributed by atoms with Gasteiger partial charge in [0.05, 0.1) is 16.9 Å². The van der Waals surface area contributed by atoms with Gasteiger partial charge in [0.25, 0.3) is 0 Å². The Balaban J connectivity index is 2.12. The number of carbonyl (C=O) groups is 1. The van der Waals surface area contributed by atoms with Crippen LogP contribution in [-0.4, -0.2) is 11.1 Å². The number of hydrogen-bond acceptors (Lipinski definition) is 3. The number of carboxylic acids is 1. The lowest BCUT2D eigenvalue weighted by Gasteiger charge is -2.11. The van der Waals surface area contributed by atoms with Gasteiger partial charge in [0.1, 0.15) is 0 Å². The largest absolute Gasteiger partial charge is 0.478 e. The van der Waals surface area contributed by atoms with Gasteiger partial charge in [-0.05, 0) is 29.8 Å². The lowest BCUT2D eigenvalue weighted by atomic mass is 10.1. The molecule has 0 radical (unpaired) electrons. The molecule has 0 fully saturated rings. The number of anilines is 2. The van der Waals surface area contributed by atoms with Crippen molar-refractivity contribution in [1.29, 1.82) is 0 Å². The molecule has 2 rings (SSSR count). The van der Waals surface area contributed by atoms with Crippen LogP contribution in [0, 0.1) is 0 Å². The molecule has 0 bridgehead atoms. The predicted molar refractivity (Wildman–Crippen MR) is 79.3 cm³/mol. The van der Waals surface area contributed by atoms with E-state index in [1.807, 2.05) is 24.3 Å². The maximum atomic E-state index is 10.8. The minimum absolute atomic E-state index is 0.184. The van der Waals surface area contributed by atoms with Crippen LogP contribution < -0.4 is 11.1 Å². The van der Waals surface area contributed by atoms with Gasteiger partial charge < -0.3 is 16.2 Å². The zero-order valence-corrected chi connectivity index (χ0v) is 11.6. The van der Waals surface area contributed by atoms with Crippen molar-refractivity contribution in [3.05, 3.63) is 58.1 Å². The first-order valence-corrected chi connectivity index (χ1v) is 6.47. The third kappa shape index (κ3) is 3.26. The number of carboxylic acid groups (broad SMARTS) is 1. The summed E-state index contributed by atoms with van der Waals surface area (Å²) >= 11 is 3.47. The molecule has 5 heteroatoms. The lowest BCUT2D eigenvalue weighted by molar-refractivity contribution is 0.0697. The second-order valence-corrected chi connectivity index (χ2v) is 4.91. The molecule has 0 atom stereocenters. The Morgan fingerprint density at radius 2 is 2.00 bits per heavy atom. The third-order valence-corrected chi connectivity index (χ3v) is 3.50. The van der Waals surface area contributed by atoms with Crippen molar-refractivity contribution in [1.82, 2.24) is 0 Å². The molecule has 4 N–H and O–H groups in total. The van der Waals surface area contributed by atoms with Gasteiger partial charge >= 0.3 is 5.97 Å². The first-order valence-electron chi connectivity index (χ1n) is 5.68. The molecule has 0 aliphatic carbocycles. The number of nitrogens with two attached hydrogens (primary N) is 1. The molecule has 19 heavy (non-hydrogen) atoms. The van der Waals surface area contributed by atoms with E-state index in [1.165, 1.54) is 12.1 Å². The number of nitrogens with one attached hydrogen (secondary N) is 1. The van der Waals surface area contributed by atoms with Crippen LogP contribution in [0.25, 0.3) is 0 Å². The monoisotopic (exact) mass is 320 g/mol. The van der Waals surface area contributed by atoms with Crippen molar-refractivity contribution in [2.24, 2.45) is 0 Å². The maximum absolute atomic E-state index is 10.8. The number of halogens is 1. The second-order valence-electron chi connectivity index (χ2n) is 4.05. The zero-order valence-electron chi connectivity index (χ0n) is 10.1. The fourth-order valence-electron chi connectivity index (χ4n) is 1.69. The molecule has 2 aromatic carbocycles. The Hall–Kier alpha value is -2.01. The Bertz CT molecular complexity index is 614. The van der Waals surface area contributed by atoms with Gasteiger partial charge in [0.2, 0.25) is 0 Å². The molecule has 0 heterocycles. The van der Waals surface area contributed by atoms with Crippen molar-refractivity contribution >= 4 is 33.3 Å². The molecule has 0 spiro atoms. The molecule has 0 aromatic heterocycles. The minimum Gasteiger partial charge on any atom is -0.478 e. The normalized spacial score (nSPS) is 10.2. The summed E-state index contributed by atoms with van der Waals surface area (Å²) in [5.74, 6) is -0.982. The summed E-state index contributed by atoms with van der Waals surface area (Å²) in [5.41, 5.74) is 8.26. The van der Waals surface area contributed by atoms with E-state index in [0.717, 1.165) is 15.7 Å². The molecule has 98 valence electrons. The molecule has 4 nitrogen and oxygen atoms in total. The summed E-state index contributed by atoms with van der Waals surface area (Å²) in [6.07, 6.45) is 0. The second kappa shape index (κ2) is 5.75. The molecule has 0 saturated heterocycles. The van der Waals surface area contributed by atoms with E-state index in [2.05, 4.69) is 21.2 Å². The molecule has 0 aliphatic rings. The maximum Gasteiger partial charge on any atom is 0.335 e. The lowest BCUT2D eigenvalue weighted by Crippen LogP contribution is -2.05. The van der Waals surface area contributed by atoms with Crippen molar-refractivity contribution in [3.8, 4) is 0 Å². The number of nitrogen functional groups attached to an aromatic ring is 1. The van der Waals surface area contributed by atoms with Crippen molar-refractivity contribution in [2.45, 2.75) is 6.54 Å². The predicted octanol–water partition coefficient (Wildman–Crippen LogP) is 3.34. The van der Waals surface area contributed by atoms with Crippen molar-refractivity contribution in [2.75, 3.05) is 11.1 Å². The number of aromatic carboxylic acids is 1. The molecule has 0 saturated carbocycles. The van der Waals surface area contributed by atoms with Crippen LogP contribution in [0.5, 0.6) is 0 Å². The fourth-order valence-corrected chi connectivity index (χ4v) is 2.11.